The Bertz CT molecular complexity index is 757. The van der Waals surface area contributed by atoms with E-state index in [0.717, 1.165) is 31.6 Å². The molecular weight excluding hydrogens is 322 g/mol. The van der Waals surface area contributed by atoms with Crippen molar-refractivity contribution in [2.24, 2.45) is 5.92 Å². The van der Waals surface area contributed by atoms with Crippen molar-refractivity contribution in [3.8, 4) is 0 Å². The van der Waals surface area contributed by atoms with E-state index < -0.39 is 10.1 Å². The highest BCUT2D eigenvalue weighted by Gasteiger charge is 2.25. The van der Waals surface area contributed by atoms with Crippen LogP contribution in [0.2, 0.25) is 0 Å². The van der Waals surface area contributed by atoms with Gasteiger partial charge in [0.05, 0.1) is 11.5 Å². The van der Waals surface area contributed by atoms with Crippen molar-refractivity contribution < 1.29 is 12.6 Å². The number of hydrogen-bond donors (Lipinski definition) is 0. The lowest BCUT2D eigenvalue weighted by atomic mass is 10.1. The third kappa shape index (κ3) is 4.44. The average Bonchev–Trinajstić information content (AvgIpc) is 3.02. The molecule has 3 rings (SSSR count). The molecule has 1 aliphatic rings. The van der Waals surface area contributed by atoms with Crippen LogP contribution in [-0.4, -0.2) is 33.0 Å². The van der Waals surface area contributed by atoms with Crippen LogP contribution in [0, 0.1) is 12.8 Å². The molecule has 5 heteroatoms. The van der Waals surface area contributed by atoms with Crippen LogP contribution in [0.15, 0.2) is 59.5 Å². The van der Waals surface area contributed by atoms with E-state index >= 15 is 0 Å². The lowest BCUT2D eigenvalue weighted by molar-refractivity contribution is 0.243. The molecule has 0 amide bonds. The van der Waals surface area contributed by atoms with Gasteiger partial charge in [-0.05, 0) is 43.5 Å². The summed E-state index contributed by atoms with van der Waals surface area (Å²) in [5.41, 5.74) is 2.31. The van der Waals surface area contributed by atoms with E-state index in [-0.39, 0.29) is 17.4 Å². The van der Waals surface area contributed by atoms with E-state index in [0.29, 0.717) is 0 Å². The zero-order valence-electron chi connectivity index (χ0n) is 13.9. The maximum absolute atomic E-state index is 12.2. The summed E-state index contributed by atoms with van der Waals surface area (Å²) >= 11 is 0. The van der Waals surface area contributed by atoms with E-state index in [1.165, 1.54) is 5.56 Å². The summed E-state index contributed by atoms with van der Waals surface area (Å²) in [6.07, 6.45) is 0.969. The second-order valence-corrected chi connectivity index (χ2v) is 8.04. The predicted octanol–water partition coefficient (Wildman–Crippen LogP) is 3.22. The Balaban J connectivity index is 1.51. The van der Waals surface area contributed by atoms with Crippen molar-refractivity contribution in [1.29, 1.82) is 0 Å². The molecule has 128 valence electrons. The minimum atomic E-state index is -3.66. The Morgan fingerprint density at radius 2 is 1.79 bits per heavy atom. The smallest absolute Gasteiger partial charge is 0.296 e. The summed E-state index contributed by atoms with van der Waals surface area (Å²) in [7, 11) is -3.66. The van der Waals surface area contributed by atoms with Gasteiger partial charge >= 0.3 is 0 Å². The summed E-state index contributed by atoms with van der Waals surface area (Å²) in [6, 6.07) is 17.1. The zero-order chi connectivity index (χ0) is 17.0. The molecule has 24 heavy (non-hydrogen) atoms. The Morgan fingerprint density at radius 3 is 2.50 bits per heavy atom. The number of likely N-dealkylation sites (tertiary alicyclic amines) is 1. The summed E-state index contributed by atoms with van der Waals surface area (Å²) in [5, 5.41) is 0. The first-order chi connectivity index (χ1) is 11.5. The third-order valence-electron chi connectivity index (χ3n) is 4.39. The Kier molecular flexibility index (Phi) is 5.33. The van der Waals surface area contributed by atoms with Gasteiger partial charge in [-0.1, -0.05) is 48.0 Å². The van der Waals surface area contributed by atoms with Crippen molar-refractivity contribution in [3.05, 3.63) is 65.7 Å². The summed E-state index contributed by atoms with van der Waals surface area (Å²) in [5.74, 6) is 0.258. The van der Waals surface area contributed by atoms with Crippen molar-refractivity contribution in [2.75, 3.05) is 19.7 Å². The quantitative estimate of drug-likeness (QED) is 0.754. The number of aryl methyl sites for hydroxylation is 1. The molecule has 0 N–H and O–H groups in total. The first-order valence-electron chi connectivity index (χ1n) is 8.25. The number of nitrogens with zero attached hydrogens (tertiary/aromatic N) is 1. The highest BCUT2D eigenvalue weighted by Crippen LogP contribution is 2.21. The van der Waals surface area contributed by atoms with Crippen LogP contribution in [0.1, 0.15) is 17.5 Å². The van der Waals surface area contributed by atoms with Gasteiger partial charge in [0, 0.05) is 13.1 Å². The van der Waals surface area contributed by atoms with E-state index in [1.54, 1.807) is 24.3 Å². The Labute approximate surface area is 144 Å². The molecule has 1 fully saturated rings. The van der Waals surface area contributed by atoms with Crippen LogP contribution in [0.25, 0.3) is 0 Å². The molecule has 0 aromatic heterocycles. The molecule has 0 unspecified atom stereocenters. The molecule has 1 saturated heterocycles. The predicted molar refractivity (Wildman–Crippen MR) is 94.1 cm³/mol. The molecule has 0 saturated carbocycles. The number of rotatable bonds is 6. The second kappa shape index (κ2) is 7.47. The van der Waals surface area contributed by atoms with E-state index in [9.17, 15) is 8.42 Å². The zero-order valence-corrected chi connectivity index (χ0v) is 14.7. The van der Waals surface area contributed by atoms with Crippen molar-refractivity contribution in [2.45, 2.75) is 24.8 Å². The molecule has 1 atom stereocenters. The average molecular weight is 345 g/mol. The lowest BCUT2D eigenvalue weighted by Gasteiger charge is -2.16. The first-order valence-corrected chi connectivity index (χ1v) is 9.66. The highest BCUT2D eigenvalue weighted by molar-refractivity contribution is 7.86. The Morgan fingerprint density at radius 1 is 1.08 bits per heavy atom. The lowest BCUT2D eigenvalue weighted by Crippen LogP contribution is -2.22. The third-order valence-corrected chi connectivity index (χ3v) is 5.68. The summed E-state index contributed by atoms with van der Waals surface area (Å²) < 4.78 is 29.8. The fraction of sp³-hybridized carbons (Fsp3) is 0.368. The monoisotopic (exact) mass is 345 g/mol. The number of benzene rings is 2. The van der Waals surface area contributed by atoms with Gasteiger partial charge in [-0.2, -0.15) is 8.42 Å². The molecule has 1 aliphatic heterocycles. The van der Waals surface area contributed by atoms with Crippen molar-refractivity contribution in [1.82, 2.24) is 4.90 Å². The first kappa shape index (κ1) is 17.1. The van der Waals surface area contributed by atoms with Gasteiger partial charge in [0.2, 0.25) is 0 Å². The SMILES string of the molecule is Cc1ccc(S(=O)(=O)OC[C@H]2CCN(Cc3ccccc3)C2)cc1. The molecule has 0 radical (unpaired) electrons. The topological polar surface area (TPSA) is 46.6 Å². The fourth-order valence-electron chi connectivity index (χ4n) is 2.99. The molecular formula is C19H23NO3S. The largest absolute Gasteiger partial charge is 0.299 e. The minimum Gasteiger partial charge on any atom is -0.299 e. The van der Waals surface area contributed by atoms with E-state index in [1.807, 2.05) is 25.1 Å². The fourth-order valence-corrected chi connectivity index (χ4v) is 3.97. The van der Waals surface area contributed by atoms with E-state index in [4.69, 9.17) is 4.18 Å². The van der Waals surface area contributed by atoms with Crippen LogP contribution < -0.4 is 0 Å². The standard InChI is InChI=1S/C19H23NO3S/c1-16-7-9-19(10-8-16)24(21,22)23-15-18-11-12-20(14-18)13-17-5-3-2-4-6-17/h2-10,18H,11-15H2,1H3/t18-/m0/s1. The normalized spacial score (nSPS) is 18.8. The maximum atomic E-state index is 12.2. The number of hydrogen-bond acceptors (Lipinski definition) is 4. The van der Waals surface area contributed by atoms with Crippen LogP contribution >= 0.6 is 0 Å². The molecule has 4 nitrogen and oxygen atoms in total. The van der Waals surface area contributed by atoms with Gasteiger partial charge in [-0.3, -0.25) is 9.08 Å². The summed E-state index contributed by atoms with van der Waals surface area (Å²) in [6.45, 7) is 4.94. The molecule has 0 spiro atoms. The van der Waals surface area contributed by atoms with Gasteiger partial charge in [-0.15, -0.1) is 0 Å². The van der Waals surface area contributed by atoms with Gasteiger partial charge in [0.25, 0.3) is 10.1 Å². The molecule has 2 aromatic carbocycles. The van der Waals surface area contributed by atoms with Gasteiger partial charge in [-0.25, -0.2) is 0 Å². The van der Waals surface area contributed by atoms with Crippen LogP contribution in [0.5, 0.6) is 0 Å². The van der Waals surface area contributed by atoms with Crippen LogP contribution in [0.3, 0.4) is 0 Å². The van der Waals surface area contributed by atoms with Gasteiger partial charge < -0.3 is 0 Å². The molecule has 0 aliphatic carbocycles. The van der Waals surface area contributed by atoms with E-state index in [2.05, 4.69) is 17.0 Å². The van der Waals surface area contributed by atoms with Crippen molar-refractivity contribution >= 4 is 10.1 Å². The minimum absolute atomic E-state index is 0.229. The highest BCUT2D eigenvalue weighted by atomic mass is 32.2. The van der Waals surface area contributed by atoms with Crippen molar-refractivity contribution in [3.63, 3.8) is 0 Å². The Hall–Kier alpha value is -1.69. The molecule has 1 heterocycles. The second-order valence-electron chi connectivity index (χ2n) is 6.43. The molecule has 0 bridgehead atoms. The maximum Gasteiger partial charge on any atom is 0.296 e. The summed E-state index contributed by atoms with van der Waals surface area (Å²) in [4.78, 5) is 2.58. The van der Waals surface area contributed by atoms with Gasteiger partial charge in [0.1, 0.15) is 0 Å². The van der Waals surface area contributed by atoms with Gasteiger partial charge in [0.15, 0.2) is 0 Å². The van der Waals surface area contributed by atoms with Crippen LogP contribution in [-0.2, 0) is 20.8 Å². The molecule has 2 aromatic rings. The van der Waals surface area contributed by atoms with Crippen LogP contribution in [0.4, 0.5) is 0 Å².